The Morgan fingerprint density at radius 3 is 2.29 bits per heavy atom. The quantitative estimate of drug-likeness (QED) is 0.818. The molecule has 0 heterocycles. The number of hydrogen-bond donors (Lipinski definition) is 2. The average Bonchev–Trinajstić information content (AvgIpc) is 2.43. The number of amides is 1. The highest BCUT2D eigenvalue weighted by atomic mass is 16.5. The summed E-state index contributed by atoms with van der Waals surface area (Å²) in [6.07, 6.45) is 0. The Hall–Kier alpha value is -2.04. The van der Waals surface area contributed by atoms with E-state index in [-0.39, 0.29) is 29.8 Å². The molecule has 5 heteroatoms. The van der Waals surface area contributed by atoms with Gasteiger partial charge in [0.1, 0.15) is 11.3 Å². The molecule has 0 fully saturated rings. The fraction of sp³-hybridized carbons (Fsp3) is 0.500. The number of carbonyl (C=O) groups is 2. The van der Waals surface area contributed by atoms with Gasteiger partial charge in [0.25, 0.3) is 5.91 Å². The summed E-state index contributed by atoms with van der Waals surface area (Å²) in [4.78, 5) is 23.2. The minimum Gasteiger partial charge on any atom is -0.507 e. The third-order valence-electron chi connectivity index (χ3n) is 3.28. The Kier molecular flexibility index (Phi) is 5.76. The van der Waals surface area contributed by atoms with Crippen molar-refractivity contribution in [1.29, 1.82) is 0 Å². The summed E-state index contributed by atoms with van der Waals surface area (Å²) < 4.78 is 4.92. The zero-order valence-corrected chi connectivity index (χ0v) is 13.2. The van der Waals surface area contributed by atoms with E-state index < -0.39 is 11.9 Å². The lowest BCUT2D eigenvalue weighted by atomic mass is 9.92. The van der Waals surface area contributed by atoms with Crippen LogP contribution in [-0.2, 0) is 9.53 Å². The van der Waals surface area contributed by atoms with Gasteiger partial charge in [-0.2, -0.15) is 0 Å². The molecule has 1 aromatic carbocycles. The van der Waals surface area contributed by atoms with Crippen molar-refractivity contribution in [3.05, 3.63) is 28.8 Å². The van der Waals surface area contributed by atoms with Crippen molar-refractivity contribution in [1.82, 2.24) is 5.32 Å². The number of hydrogen-bond acceptors (Lipinski definition) is 4. The van der Waals surface area contributed by atoms with Gasteiger partial charge in [0.05, 0.1) is 0 Å². The van der Waals surface area contributed by atoms with E-state index in [0.29, 0.717) is 5.56 Å². The second kappa shape index (κ2) is 7.11. The maximum atomic E-state index is 12.1. The van der Waals surface area contributed by atoms with Gasteiger partial charge in [0.2, 0.25) is 0 Å². The van der Waals surface area contributed by atoms with Crippen LogP contribution in [0.2, 0.25) is 0 Å². The molecule has 0 aliphatic carbocycles. The number of esters is 1. The van der Waals surface area contributed by atoms with Gasteiger partial charge >= 0.3 is 5.97 Å². The third kappa shape index (κ3) is 4.21. The fourth-order valence-corrected chi connectivity index (χ4v) is 1.89. The third-order valence-corrected chi connectivity index (χ3v) is 3.28. The first-order chi connectivity index (χ1) is 9.77. The van der Waals surface area contributed by atoms with Gasteiger partial charge in [0.15, 0.2) is 6.61 Å². The van der Waals surface area contributed by atoms with E-state index in [2.05, 4.69) is 5.32 Å². The molecule has 0 spiro atoms. The van der Waals surface area contributed by atoms with Crippen LogP contribution in [0, 0.1) is 0 Å². The lowest BCUT2D eigenvalue weighted by molar-refractivity contribution is -0.123. The minimum absolute atomic E-state index is 0.0729. The summed E-state index contributed by atoms with van der Waals surface area (Å²) in [7, 11) is 1.46. The van der Waals surface area contributed by atoms with Crippen molar-refractivity contribution in [2.45, 2.75) is 39.5 Å². The Bertz CT molecular complexity index is 535. The van der Waals surface area contributed by atoms with Crippen LogP contribution >= 0.6 is 0 Å². The van der Waals surface area contributed by atoms with Crippen molar-refractivity contribution in [2.75, 3.05) is 13.7 Å². The normalized spacial score (nSPS) is 10.8. The smallest absolute Gasteiger partial charge is 0.342 e. The van der Waals surface area contributed by atoms with Crippen molar-refractivity contribution in [3.8, 4) is 5.75 Å². The number of likely N-dealkylation sites (N-methyl/N-ethyl adjacent to an activating group) is 1. The molecule has 0 aliphatic heterocycles. The van der Waals surface area contributed by atoms with E-state index in [1.54, 1.807) is 6.07 Å². The fourth-order valence-electron chi connectivity index (χ4n) is 1.89. The van der Waals surface area contributed by atoms with Gasteiger partial charge in [-0.05, 0) is 29.0 Å². The van der Waals surface area contributed by atoms with Crippen LogP contribution in [0.15, 0.2) is 12.1 Å². The summed E-state index contributed by atoms with van der Waals surface area (Å²) >= 11 is 0. The van der Waals surface area contributed by atoms with E-state index >= 15 is 0 Å². The molecule has 0 unspecified atom stereocenters. The van der Waals surface area contributed by atoms with Crippen LogP contribution in [0.4, 0.5) is 0 Å². The van der Waals surface area contributed by atoms with Gasteiger partial charge in [-0.25, -0.2) is 4.79 Å². The standard InChI is InChI=1S/C16H23NO4/c1-9(2)11-6-12(10(3)4)15(19)13(7-11)16(20)21-8-14(18)17-5/h6-7,9-10,19H,8H2,1-5H3,(H,17,18). The molecule has 0 aliphatic rings. The molecule has 0 atom stereocenters. The number of nitrogens with one attached hydrogen (secondary N) is 1. The largest absolute Gasteiger partial charge is 0.507 e. The van der Waals surface area contributed by atoms with Gasteiger partial charge in [0, 0.05) is 7.05 Å². The average molecular weight is 293 g/mol. The summed E-state index contributed by atoms with van der Waals surface area (Å²) in [5.41, 5.74) is 1.75. The van der Waals surface area contributed by atoms with Gasteiger partial charge in [-0.3, -0.25) is 4.79 Å². The summed E-state index contributed by atoms with van der Waals surface area (Å²) in [5, 5.41) is 12.6. The molecule has 0 radical (unpaired) electrons. The summed E-state index contributed by atoms with van der Waals surface area (Å²) in [5.74, 6) is -0.869. The van der Waals surface area contributed by atoms with Crippen LogP contribution in [0.1, 0.15) is 61.0 Å². The Labute approximate surface area is 125 Å². The van der Waals surface area contributed by atoms with Crippen molar-refractivity contribution in [2.24, 2.45) is 0 Å². The lowest BCUT2D eigenvalue weighted by Crippen LogP contribution is -2.25. The van der Waals surface area contributed by atoms with Crippen molar-refractivity contribution >= 4 is 11.9 Å². The first-order valence-corrected chi connectivity index (χ1v) is 7.02. The predicted molar refractivity (Wildman–Crippen MR) is 80.6 cm³/mol. The Balaban J connectivity index is 3.15. The Morgan fingerprint density at radius 1 is 1.19 bits per heavy atom. The van der Waals surface area contributed by atoms with Crippen LogP contribution in [0.3, 0.4) is 0 Å². The highest BCUT2D eigenvalue weighted by Gasteiger charge is 2.20. The number of rotatable bonds is 5. The molecule has 21 heavy (non-hydrogen) atoms. The van der Waals surface area contributed by atoms with E-state index in [1.165, 1.54) is 7.05 Å². The highest BCUT2D eigenvalue weighted by Crippen LogP contribution is 2.33. The highest BCUT2D eigenvalue weighted by molar-refractivity contribution is 5.94. The molecule has 0 saturated carbocycles. The van der Waals surface area contributed by atoms with E-state index in [9.17, 15) is 14.7 Å². The molecule has 2 N–H and O–H groups in total. The number of benzene rings is 1. The maximum absolute atomic E-state index is 12.1. The molecule has 0 aromatic heterocycles. The number of ether oxygens (including phenoxy) is 1. The molecule has 1 amide bonds. The number of phenolic OH excluding ortho intramolecular Hbond substituents is 1. The van der Waals surface area contributed by atoms with Crippen molar-refractivity contribution in [3.63, 3.8) is 0 Å². The van der Waals surface area contributed by atoms with Gasteiger partial charge in [-0.15, -0.1) is 0 Å². The molecule has 116 valence electrons. The van der Waals surface area contributed by atoms with Crippen LogP contribution in [0.25, 0.3) is 0 Å². The first-order valence-electron chi connectivity index (χ1n) is 7.02. The predicted octanol–water partition coefficient (Wildman–Crippen LogP) is 2.54. The molecule has 0 bridgehead atoms. The molecule has 5 nitrogen and oxygen atoms in total. The molecule has 0 saturated heterocycles. The van der Waals surface area contributed by atoms with Crippen LogP contribution < -0.4 is 5.32 Å². The maximum Gasteiger partial charge on any atom is 0.342 e. The number of carbonyl (C=O) groups excluding carboxylic acids is 2. The van der Waals surface area contributed by atoms with Gasteiger partial charge < -0.3 is 15.2 Å². The Morgan fingerprint density at radius 2 is 1.81 bits per heavy atom. The van der Waals surface area contributed by atoms with Crippen LogP contribution in [-0.4, -0.2) is 30.6 Å². The van der Waals surface area contributed by atoms with Crippen molar-refractivity contribution < 1.29 is 19.4 Å². The van der Waals surface area contributed by atoms with Gasteiger partial charge in [-0.1, -0.05) is 33.8 Å². The number of phenols is 1. The van der Waals surface area contributed by atoms with E-state index in [1.807, 2.05) is 33.8 Å². The molecule has 1 rings (SSSR count). The van der Waals surface area contributed by atoms with E-state index in [0.717, 1.165) is 5.56 Å². The summed E-state index contributed by atoms with van der Waals surface area (Å²) in [6.45, 7) is 7.54. The lowest BCUT2D eigenvalue weighted by Gasteiger charge is -2.16. The topological polar surface area (TPSA) is 75.6 Å². The molecule has 1 aromatic rings. The second-order valence-electron chi connectivity index (χ2n) is 5.57. The zero-order valence-electron chi connectivity index (χ0n) is 13.2. The van der Waals surface area contributed by atoms with E-state index in [4.69, 9.17) is 4.74 Å². The SMILES string of the molecule is CNC(=O)COC(=O)c1cc(C(C)C)cc(C(C)C)c1O. The summed E-state index contributed by atoms with van der Waals surface area (Å²) in [6, 6.07) is 3.53. The second-order valence-corrected chi connectivity index (χ2v) is 5.57. The first kappa shape index (κ1) is 17.0. The monoisotopic (exact) mass is 293 g/mol. The zero-order chi connectivity index (χ0) is 16.2. The van der Waals surface area contributed by atoms with Crippen LogP contribution in [0.5, 0.6) is 5.75 Å². The minimum atomic E-state index is -0.694. The molecular formula is C16H23NO4. The number of aromatic hydroxyl groups is 1. The molecular weight excluding hydrogens is 270 g/mol.